The molecule has 4 heteroatoms. The average Bonchev–Trinajstić information content (AvgIpc) is 2.57. The van der Waals surface area contributed by atoms with E-state index >= 15 is 0 Å². The number of hydrogen-bond acceptors (Lipinski definition) is 3. The Balaban J connectivity index is 1.51. The van der Waals surface area contributed by atoms with Crippen LogP contribution in [-0.2, 0) is 13.1 Å². The molecule has 0 atom stereocenters. The molecule has 0 aliphatic carbocycles. The summed E-state index contributed by atoms with van der Waals surface area (Å²) in [6.45, 7) is 4.31. The molecule has 2 aromatic carbocycles. The van der Waals surface area contributed by atoms with Crippen molar-refractivity contribution in [3.63, 3.8) is 0 Å². The van der Waals surface area contributed by atoms with Crippen LogP contribution in [0.2, 0.25) is 5.02 Å². The van der Waals surface area contributed by atoms with Gasteiger partial charge in [0.1, 0.15) is 0 Å². The Morgan fingerprint density at radius 2 is 1.55 bits per heavy atom. The number of halogens is 1. The largest absolute Gasteiger partial charge is 0.381 e. The molecule has 0 spiro atoms. The summed E-state index contributed by atoms with van der Waals surface area (Å²) >= 11 is 7.96. The molecule has 3 rings (SSSR count). The van der Waals surface area contributed by atoms with Crippen molar-refractivity contribution in [1.29, 1.82) is 0 Å². The fraction of sp³-hybridized carbons (Fsp3) is 0.333. The molecule has 0 radical (unpaired) electrons. The minimum Gasteiger partial charge on any atom is -0.381 e. The van der Waals surface area contributed by atoms with E-state index in [0.717, 1.165) is 23.8 Å². The van der Waals surface area contributed by atoms with Gasteiger partial charge in [-0.3, -0.25) is 4.90 Å². The quantitative estimate of drug-likeness (QED) is 0.867. The van der Waals surface area contributed by atoms with Crippen LogP contribution >= 0.6 is 23.4 Å². The van der Waals surface area contributed by atoms with E-state index in [1.54, 1.807) is 0 Å². The van der Waals surface area contributed by atoms with Crippen LogP contribution in [0.25, 0.3) is 0 Å². The van der Waals surface area contributed by atoms with E-state index in [0.29, 0.717) is 0 Å². The Bertz CT molecular complexity index is 577. The van der Waals surface area contributed by atoms with Crippen molar-refractivity contribution < 1.29 is 0 Å². The third-order valence-corrected chi connectivity index (χ3v) is 5.07. The molecular weight excluding hydrogens is 312 g/mol. The maximum atomic E-state index is 5.90. The molecule has 1 saturated heterocycles. The number of benzene rings is 2. The lowest BCUT2D eigenvalue weighted by Crippen LogP contribution is -2.31. The van der Waals surface area contributed by atoms with Gasteiger partial charge in [-0.25, -0.2) is 0 Å². The Labute approximate surface area is 141 Å². The normalized spacial score (nSPS) is 15.7. The van der Waals surface area contributed by atoms with Gasteiger partial charge in [0, 0.05) is 48.4 Å². The standard InChI is InChI=1S/C18H21ClN2S/c19-17-5-1-15(2-6-17)13-20-18-7-3-16(4-8-18)14-21-9-11-22-12-10-21/h1-8,20H,9-14H2. The van der Waals surface area contributed by atoms with Crippen molar-refractivity contribution in [3.8, 4) is 0 Å². The number of anilines is 1. The first-order valence-corrected chi connectivity index (χ1v) is 9.20. The van der Waals surface area contributed by atoms with Crippen molar-refractivity contribution in [1.82, 2.24) is 4.90 Å². The van der Waals surface area contributed by atoms with E-state index < -0.39 is 0 Å². The molecule has 0 bridgehead atoms. The van der Waals surface area contributed by atoms with Gasteiger partial charge >= 0.3 is 0 Å². The zero-order valence-electron chi connectivity index (χ0n) is 12.6. The first-order valence-electron chi connectivity index (χ1n) is 7.67. The van der Waals surface area contributed by atoms with Gasteiger partial charge in [0.25, 0.3) is 0 Å². The van der Waals surface area contributed by atoms with Gasteiger partial charge in [-0.15, -0.1) is 0 Å². The Kier molecular flexibility index (Phi) is 5.65. The second kappa shape index (κ2) is 7.91. The highest BCUT2D eigenvalue weighted by Gasteiger charge is 2.10. The molecule has 2 nitrogen and oxygen atoms in total. The van der Waals surface area contributed by atoms with Crippen LogP contribution in [0.3, 0.4) is 0 Å². The number of thioether (sulfide) groups is 1. The zero-order chi connectivity index (χ0) is 15.2. The molecular formula is C18H21ClN2S. The molecule has 0 amide bonds. The summed E-state index contributed by atoms with van der Waals surface area (Å²) < 4.78 is 0. The minimum atomic E-state index is 0.782. The average molecular weight is 333 g/mol. The van der Waals surface area contributed by atoms with Crippen molar-refractivity contribution in [2.24, 2.45) is 0 Å². The van der Waals surface area contributed by atoms with Gasteiger partial charge in [-0.2, -0.15) is 11.8 Å². The molecule has 0 saturated carbocycles. The van der Waals surface area contributed by atoms with E-state index in [2.05, 4.69) is 58.4 Å². The molecule has 0 aromatic heterocycles. The smallest absolute Gasteiger partial charge is 0.0406 e. The van der Waals surface area contributed by atoms with Gasteiger partial charge in [-0.1, -0.05) is 35.9 Å². The fourth-order valence-corrected chi connectivity index (χ4v) is 3.66. The first kappa shape index (κ1) is 15.7. The number of rotatable bonds is 5. The lowest BCUT2D eigenvalue weighted by Gasteiger charge is -2.26. The highest BCUT2D eigenvalue weighted by molar-refractivity contribution is 7.99. The molecule has 22 heavy (non-hydrogen) atoms. The van der Waals surface area contributed by atoms with Crippen LogP contribution in [0, 0.1) is 0 Å². The maximum Gasteiger partial charge on any atom is 0.0406 e. The van der Waals surface area contributed by atoms with E-state index in [1.165, 1.54) is 35.7 Å². The number of nitrogens with zero attached hydrogens (tertiary/aromatic N) is 1. The van der Waals surface area contributed by atoms with Crippen molar-refractivity contribution in [3.05, 3.63) is 64.7 Å². The summed E-state index contributed by atoms with van der Waals surface area (Å²) in [4.78, 5) is 2.53. The molecule has 1 aliphatic heterocycles. The molecule has 1 fully saturated rings. The van der Waals surface area contributed by atoms with Crippen molar-refractivity contribution in [2.75, 3.05) is 29.9 Å². The Hall–Kier alpha value is -1.16. The third-order valence-electron chi connectivity index (χ3n) is 3.87. The molecule has 2 aromatic rings. The monoisotopic (exact) mass is 332 g/mol. The predicted octanol–water partition coefficient (Wildman–Crippen LogP) is 4.50. The summed E-state index contributed by atoms with van der Waals surface area (Å²) in [5.74, 6) is 2.53. The van der Waals surface area contributed by atoms with E-state index in [9.17, 15) is 0 Å². The summed E-state index contributed by atoms with van der Waals surface area (Å²) in [5.41, 5.74) is 3.79. The first-order chi connectivity index (χ1) is 10.8. The summed E-state index contributed by atoms with van der Waals surface area (Å²) in [6, 6.07) is 16.8. The molecule has 1 heterocycles. The van der Waals surface area contributed by atoms with Crippen LogP contribution in [0.15, 0.2) is 48.5 Å². The molecule has 1 aliphatic rings. The highest BCUT2D eigenvalue weighted by Crippen LogP contribution is 2.16. The van der Waals surface area contributed by atoms with E-state index in [1.807, 2.05) is 12.1 Å². The van der Waals surface area contributed by atoms with Gasteiger partial charge in [0.15, 0.2) is 0 Å². The SMILES string of the molecule is Clc1ccc(CNc2ccc(CN3CCSCC3)cc2)cc1. The lowest BCUT2D eigenvalue weighted by atomic mass is 10.1. The maximum absolute atomic E-state index is 5.90. The van der Waals surface area contributed by atoms with Gasteiger partial charge in [0.2, 0.25) is 0 Å². The molecule has 0 unspecified atom stereocenters. The molecule has 116 valence electrons. The predicted molar refractivity (Wildman–Crippen MR) is 97.8 cm³/mol. The second-order valence-electron chi connectivity index (χ2n) is 5.57. The summed E-state index contributed by atoms with van der Waals surface area (Å²) in [7, 11) is 0. The fourth-order valence-electron chi connectivity index (χ4n) is 2.55. The summed E-state index contributed by atoms with van der Waals surface area (Å²) in [5, 5.41) is 4.23. The number of hydrogen-bond donors (Lipinski definition) is 1. The van der Waals surface area contributed by atoms with Crippen LogP contribution in [0.4, 0.5) is 5.69 Å². The van der Waals surface area contributed by atoms with E-state index in [4.69, 9.17) is 11.6 Å². The third kappa shape index (κ3) is 4.67. The van der Waals surface area contributed by atoms with Gasteiger partial charge < -0.3 is 5.32 Å². The number of nitrogens with one attached hydrogen (secondary N) is 1. The van der Waals surface area contributed by atoms with Crippen molar-refractivity contribution >= 4 is 29.1 Å². The van der Waals surface area contributed by atoms with Crippen molar-refractivity contribution in [2.45, 2.75) is 13.1 Å². The highest BCUT2D eigenvalue weighted by atomic mass is 35.5. The van der Waals surface area contributed by atoms with Crippen LogP contribution in [-0.4, -0.2) is 29.5 Å². The van der Waals surface area contributed by atoms with Gasteiger partial charge in [0.05, 0.1) is 0 Å². The van der Waals surface area contributed by atoms with Crippen LogP contribution in [0.5, 0.6) is 0 Å². The second-order valence-corrected chi connectivity index (χ2v) is 7.23. The zero-order valence-corrected chi connectivity index (χ0v) is 14.2. The topological polar surface area (TPSA) is 15.3 Å². The minimum absolute atomic E-state index is 0.782. The molecule has 1 N–H and O–H groups in total. The van der Waals surface area contributed by atoms with Crippen LogP contribution in [0.1, 0.15) is 11.1 Å². The summed E-state index contributed by atoms with van der Waals surface area (Å²) in [6.07, 6.45) is 0. The Morgan fingerprint density at radius 3 is 2.23 bits per heavy atom. The lowest BCUT2D eigenvalue weighted by molar-refractivity contribution is 0.294. The van der Waals surface area contributed by atoms with Crippen LogP contribution < -0.4 is 5.32 Å². The van der Waals surface area contributed by atoms with E-state index in [-0.39, 0.29) is 0 Å². The Morgan fingerprint density at radius 1 is 0.909 bits per heavy atom. The van der Waals surface area contributed by atoms with Gasteiger partial charge in [-0.05, 0) is 35.4 Å².